The minimum Gasteiger partial charge on any atom is -0.311 e. The largest absolute Gasteiger partial charge is 0.311 e. The number of nitrogens with zero attached hydrogens (tertiary/aromatic N) is 1. The lowest BCUT2D eigenvalue weighted by atomic mass is 10.0. The molecular weight excluding hydrogens is 318 g/mol. The lowest BCUT2D eigenvalue weighted by molar-refractivity contribution is 0.371. The van der Waals surface area contributed by atoms with Crippen LogP contribution in [0.5, 0.6) is 0 Å². The highest BCUT2D eigenvalue weighted by Crippen LogP contribution is 2.17. The topological polar surface area (TPSA) is 24.9 Å². The molecule has 4 heteroatoms. The second kappa shape index (κ2) is 8.67. The van der Waals surface area contributed by atoms with Crippen LogP contribution in [-0.2, 0) is 12.8 Å². The summed E-state index contributed by atoms with van der Waals surface area (Å²) in [6, 6.07) is 16.2. The van der Waals surface area contributed by atoms with Crippen LogP contribution in [0.15, 0.2) is 60.8 Å². The average molecular weight is 340 g/mol. The van der Waals surface area contributed by atoms with E-state index in [1.807, 2.05) is 30.5 Å². The molecule has 1 heterocycles. The zero-order valence-corrected chi connectivity index (χ0v) is 14.1. The van der Waals surface area contributed by atoms with E-state index in [-0.39, 0.29) is 11.9 Å². The molecule has 2 nitrogen and oxygen atoms in total. The Morgan fingerprint density at radius 2 is 1.80 bits per heavy atom. The molecule has 0 saturated heterocycles. The number of aryl methyl sites for hydroxylation is 1. The molecule has 0 radical (unpaired) electrons. The van der Waals surface area contributed by atoms with Gasteiger partial charge in [-0.25, -0.2) is 8.78 Å². The number of halogens is 2. The van der Waals surface area contributed by atoms with Gasteiger partial charge in [-0.3, -0.25) is 4.98 Å². The number of hydrogen-bond acceptors (Lipinski definition) is 2. The van der Waals surface area contributed by atoms with Crippen LogP contribution in [0.4, 0.5) is 8.78 Å². The second-order valence-electron chi connectivity index (χ2n) is 6.23. The first-order valence-electron chi connectivity index (χ1n) is 8.62. The number of hydrogen-bond donors (Lipinski definition) is 1. The summed E-state index contributed by atoms with van der Waals surface area (Å²) in [5.74, 6) is -0.266. The van der Waals surface area contributed by atoms with Gasteiger partial charge in [0.05, 0.1) is 5.52 Å². The summed E-state index contributed by atoms with van der Waals surface area (Å²) in [5, 5.41) is 4.45. The lowest BCUT2D eigenvalue weighted by Gasteiger charge is -2.15. The van der Waals surface area contributed by atoms with Crippen molar-refractivity contribution in [1.82, 2.24) is 10.3 Å². The molecule has 0 amide bonds. The van der Waals surface area contributed by atoms with E-state index in [2.05, 4.69) is 16.4 Å². The number of benzene rings is 2. The Bertz CT molecular complexity index is 797. The van der Waals surface area contributed by atoms with Crippen LogP contribution in [0.1, 0.15) is 17.5 Å². The molecule has 2 aromatic carbocycles. The highest BCUT2D eigenvalue weighted by molar-refractivity contribution is 5.81. The zero-order chi connectivity index (χ0) is 17.5. The molecule has 130 valence electrons. The molecule has 3 aromatic rings. The fourth-order valence-corrected chi connectivity index (χ4v) is 3.04. The first-order valence-corrected chi connectivity index (χ1v) is 8.62. The van der Waals surface area contributed by atoms with E-state index in [0.29, 0.717) is 6.42 Å². The second-order valence-corrected chi connectivity index (χ2v) is 6.23. The van der Waals surface area contributed by atoms with Crippen molar-refractivity contribution in [1.29, 1.82) is 0 Å². The van der Waals surface area contributed by atoms with Crippen LogP contribution in [0.25, 0.3) is 10.9 Å². The van der Waals surface area contributed by atoms with E-state index in [9.17, 15) is 8.78 Å². The van der Waals surface area contributed by atoms with Gasteiger partial charge < -0.3 is 5.32 Å². The van der Waals surface area contributed by atoms with E-state index in [1.165, 1.54) is 23.1 Å². The summed E-state index contributed by atoms with van der Waals surface area (Å²) in [6.45, 7) is 0.308. The van der Waals surface area contributed by atoms with Crippen molar-refractivity contribution >= 4 is 10.9 Å². The fourth-order valence-electron chi connectivity index (χ4n) is 3.04. The van der Waals surface area contributed by atoms with E-state index < -0.39 is 6.67 Å². The van der Waals surface area contributed by atoms with Crippen LogP contribution in [0.2, 0.25) is 0 Å². The van der Waals surface area contributed by atoms with Crippen molar-refractivity contribution in [3.05, 3.63) is 77.7 Å². The molecule has 0 saturated carbocycles. The highest BCUT2D eigenvalue weighted by atomic mass is 19.1. The lowest BCUT2D eigenvalue weighted by Crippen LogP contribution is -2.34. The SMILES string of the molecule is FCC(Cc1ccc(F)cc1)NCCCc1ccnc2ccccc12. The molecule has 25 heavy (non-hydrogen) atoms. The highest BCUT2D eigenvalue weighted by Gasteiger charge is 2.09. The predicted molar refractivity (Wildman–Crippen MR) is 97.9 cm³/mol. The minimum atomic E-state index is -0.435. The minimum absolute atomic E-state index is 0.236. The molecule has 0 aliphatic rings. The van der Waals surface area contributed by atoms with Crippen molar-refractivity contribution in [2.24, 2.45) is 0 Å². The van der Waals surface area contributed by atoms with Crippen molar-refractivity contribution < 1.29 is 8.78 Å². The summed E-state index contributed by atoms with van der Waals surface area (Å²) in [6.07, 6.45) is 4.25. The van der Waals surface area contributed by atoms with Crippen molar-refractivity contribution in [3.63, 3.8) is 0 Å². The summed E-state index contributed by atoms with van der Waals surface area (Å²) >= 11 is 0. The average Bonchev–Trinajstić information content (AvgIpc) is 2.66. The van der Waals surface area contributed by atoms with Crippen LogP contribution < -0.4 is 5.32 Å². The molecule has 1 N–H and O–H groups in total. The number of fused-ring (bicyclic) bond motifs is 1. The maximum Gasteiger partial charge on any atom is 0.123 e. The number of alkyl halides is 1. The van der Waals surface area contributed by atoms with Gasteiger partial charge in [-0.2, -0.15) is 0 Å². The standard InChI is InChI=1S/C21H22F2N2/c22-15-19(14-16-7-9-18(23)10-8-16)24-12-3-4-17-11-13-25-21-6-2-1-5-20(17)21/h1-2,5-11,13,19,24H,3-4,12,14-15H2. The summed E-state index contributed by atoms with van der Waals surface area (Å²) in [4.78, 5) is 4.37. The number of pyridine rings is 1. The van der Waals surface area contributed by atoms with E-state index in [4.69, 9.17) is 0 Å². The maximum absolute atomic E-state index is 13.2. The number of aromatic nitrogens is 1. The third-order valence-corrected chi connectivity index (χ3v) is 4.38. The van der Waals surface area contributed by atoms with Crippen LogP contribution in [-0.4, -0.2) is 24.2 Å². The van der Waals surface area contributed by atoms with Crippen molar-refractivity contribution in [2.45, 2.75) is 25.3 Å². The number of nitrogens with one attached hydrogen (secondary N) is 1. The van der Waals surface area contributed by atoms with E-state index in [1.54, 1.807) is 12.1 Å². The molecule has 0 aliphatic heterocycles. The Kier molecular flexibility index (Phi) is 6.07. The van der Waals surface area contributed by atoms with Crippen molar-refractivity contribution in [3.8, 4) is 0 Å². The molecule has 1 aromatic heterocycles. The molecule has 0 fully saturated rings. The Balaban J connectivity index is 1.50. The van der Waals surface area contributed by atoms with Gasteiger partial charge in [-0.15, -0.1) is 0 Å². The predicted octanol–water partition coefficient (Wildman–Crippen LogP) is 4.48. The molecule has 0 aliphatic carbocycles. The van der Waals surface area contributed by atoms with Gasteiger partial charge in [-0.1, -0.05) is 30.3 Å². The van der Waals surface area contributed by atoms with Crippen LogP contribution in [0.3, 0.4) is 0 Å². The molecular formula is C21H22F2N2. The monoisotopic (exact) mass is 340 g/mol. The Hall–Kier alpha value is -2.33. The normalized spacial score (nSPS) is 12.4. The first kappa shape index (κ1) is 17.5. The Labute approximate surface area is 146 Å². The van der Waals surface area contributed by atoms with E-state index in [0.717, 1.165) is 30.5 Å². The van der Waals surface area contributed by atoms with Gasteiger partial charge in [-0.05, 0) is 61.2 Å². The molecule has 1 atom stereocenters. The van der Waals surface area contributed by atoms with Gasteiger partial charge >= 0.3 is 0 Å². The third-order valence-electron chi connectivity index (χ3n) is 4.38. The fraction of sp³-hybridized carbons (Fsp3) is 0.286. The van der Waals surface area contributed by atoms with Gasteiger partial charge in [0.2, 0.25) is 0 Å². The van der Waals surface area contributed by atoms with Crippen LogP contribution in [0, 0.1) is 5.82 Å². The summed E-state index contributed by atoms with van der Waals surface area (Å²) in [7, 11) is 0. The van der Waals surface area contributed by atoms with Crippen LogP contribution >= 0.6 is 0 Å². The maximum atomic E-state index is 13.2. The Morgan fingerprint density at radius 3 is 2.60 bits per heavy atom. The summed E-state index contributed by atoms with van der Waals surface area (Å²) in [5.41, 5.74) is 3.21. The van der Waals surface area contributed by atoms with Gasteiger partial charge in [0, 0.05) is 17.6 Å². The van der Waals surface area contributed by atoms with Gasteiger partial charge in [0.1, 0.15) is 12.5 Å². The molecule has 1 unspecified atom stereocenters. The Morgan fingerprint density at radius 1 is 1.00 bits per heavy atom. The smallest absolute Gasteiger partial charge is 0.123 e. The van der Waals surface area contributed by atoms with Gasteiger partial charge in [0.15, 0.2) is 0 Å². The third kappa shape index (κ3) is 4.83. The molecule has 0 bridgehead atoms. The summed E-state index contributed by atoms with van der Waals surface area (Å²) < 4.78 is 26.2. The van der Waals surface area contributed by atoms with E-state index >= 15 is 0 Å². The first-order chi connectivity index (χ1) is 12.3. The van der Waals surface area contributed by atoms with Crippen molar-refractivity contribution in [2.75, 3.05) is 13.2 Å². The molecule has 3 rings (SSSR count). The quantitative estimate of drug-likeness (QED) is 0.612. The zero-order valence-electron chi connectivity index (χ0n) is 14.1. The van der Waals surface area contributed by atoms with Gasteiger partial charge in [0.25, 0.3) is 0 Å². The number of para-hydroxylation sites is 1. The number of rotatable bonds is 8. The molecule has 0 spiro atoms.